The van der Waals surface area contributed by atoms with Crippen LogP contribution >= 0.6 is 0 Å². The van der Waals surface area contributed by atoms with Crippen LogP contribution in [0.1, 0.15) is 6.42 Å². The number of methoxy groups -OCH3 is 1. The second kappa shape index (κ2) is 5.11. The highest BCUT2D eigenvalue weighted by molar-refractivity contribution is 6.00. The van der Waals surface area contributed by atoms with Crippen LogP contribution in [0, 0.1) is 16.0 Å². The van der Waals surface area contributed by atoms with E-state index >= 15 is 0 Å². The van der Waals surface area contributed by atoms with Gasteiger partial charge in [-0.1, -0.05) is 0 Å². The summed E-state index contributed by atoms with van der Waals surface area (Å²) in [5.41, 5.74) is 4.83. The monoisotopic (exact) mass is 280 g/mol. The van der Waals surface area contributed by atoms with Crippen LogP contribution in [0.4, 0.5) is 11.5 Å². The molecule has 1 aliphatic rings. The van der Waals surface area contributed by atoms with Crippen LogP contribution in [0.5, 0.6) is 5.88 Å². The fraction of sp³-hybridized carbons (Fsp3) is 0.364. The molecule has 0 bridgehead atoms. The second-order valence-corrected chi connectivity index (χ2v) is 4.26. The van der Waals surface area contributed by atoms with E-state index in [2.05, 4.69) is 4.98 Å². The van der Waals surface area contributed by atoms with Crippen LogP contribution in [0.15, 0.2) is 12.1 Å². The summed E-state index contributed by atoms with van der Waals surface area (Å²) in [6.45, 7) is -0.0187. The number of anilines is 1. The van der Waals surface area contributed by atoms with E-state index < -0.39 is 22.7 Å². The van der Waals surface area contributed by atoms with Gasteiger partial charge >= 0.3 is 5.69 Å². The van der Waals surface area contributed by atoms with Crippen molar-refractivity contribution < 1.29 is 19.2 Å². The number of nitro groups is 1. The van der Waals surface area contributed by atoms with Gasteiger partial charge < -0.3 is 10.5 Å². The SMILES string of the molecule is COc1ccc([N+](=O)[O-])c(N2CC(C(N)=O)CC2=O)n1. The molecule has 2 rings (SSSR count). The van der Waals surface area contributed by atoms with E-state index in [1.165, 1.54) is 19.2 Å². The standard InChI is InChI=1S/C11H12N4O5/c1-20-8-3-2-7(15(18)19)11(13-8)14-5-6(10(12)17)4-9(14)16/h2-3,6H,4-5H2,1H3,(H2,12,17). The van der Waals surface area contributed by atoms with Crippen molar-refractivity contribution in [2.45, 2.75) is 6.42 Å². The Labute approximate surface area is 113 Å². The molecule has 2 N–H and O–H groups in total. The van der Waals surface area contributed by atoms with Gasteiger partial charge in [-0.25, -0.2) is 0 Å². The van der Waals surface area contributed by atoms with Crippen LogP contribution in [0.2, 0.25) is 0 Å². The van der Waals surface area contributed by atoms with E-state index in [1.807, 2.05) is 0 Å². The summed E-state index contributed by atoms with van der Waals surface area (Å²) in [4.78, 5) is 38.4. The number of aromatic nitrogens is 1. The average molecular weight is 280 g/mol. The molecule has 1 aromatic rings. The molecular weight excluding hydrogens is 268 g/mol. The molecule has 0 spiro atoms. The molecule has 0 aromatic carbocycles. The Kier molecular flexibility index (Phi) is 3.51. The lowest BCUT2D eigenvalue weighted by Gasteiger charge is -2.15. The lowest BCUT2D eigenvalue weighted by molar-refractivity contribution is -0.384. The van der Waals surface area contributed by atoms with Gasteiger partial charge in [-0.3, -0.25) is 24.6 Å². The molecular formula is C11H12N4O5. The number of amides is 2. The molecule has 1 saturated heterocycles. The first-order valence-electron chi connectivity index (χ1n) is 5.73. The number of hydrogen-bond acceptors (Lipinski definition) is 6. The second-order valence-electron chi connectivity index (χ2n) is 4.26. The molecule has 106 valence electrons. The maximum absolute atomic E-state index is 11.9. The number of pyridine rings is 1. The molecule has 1 unspecified atom stereocenters. The summed E-state index contributed by atoms with van der Waals surface area (Å²) in [6.07, 6.45) is -0.0780. The third-order valence-electron chi connectivity index (χ3n) is 3.02. The zero-order valence-corrected chi connectivity index (χ0v) is 10.6. The van der Waals surface area contributed by atoms with Crippen molar-refractivity contribution in [1.82, 2.24) is 4.98 Å². The fourth-order valence-electron chi connectivity index (χ4n) is 1.98. The van der Waals surface area contributed by atoms with E-state index in [0.717, 1.165) is 4.90 Å². The molecule has 0 radical (unpaired) electrons. The molecule has 20 heavy (non-hydrogen) atoms. The molecule has 1 fully saturated rings. The topological polar surface area (TPSA) is 129 Å². The summed E-state index contributed by atoms with van der Waals surface area (Å²) in [5, 5.41) is 11.0. The van der Waals surface area contributed by atoms with E-state index in [4.69, 9.17) is 10.5 Å². The molecule has 1 aromatic heterocycles. The zero-order chi connectivity index (χ0) is 14.9. The van der Waals surface area contributed by atoms with Crippen LogP contribution in [-0.4, -0.2) is 35.4 Å². The summed E-state index contributed by atoms with van der Waals surface area (Å²) in [6, 6.07) is 2.53. The van der Waals surface area contributed by atoms with Gasteiger partial charge in [0.1, 0.15) is 0 Å². The summed E-state index contributed by atoms with van der Waals surface area (Å²) in [7, 11) is 1.36. The molecule has 9 nitrogen and oxygen atoms in total. The van der Waals surface area contributed by atoms with Crippen LogP contribution in [-0.2, 0) is 9.59 Å². The molecule has 1 atom stereocenters. The van der Waals surface area contributed by atoms with Crippen molar-refractivity contribution in [3.63, 3.8) is 0 Å². The fourth-order valence-corrected chi connectivity index (χ4v) is 1.98. The minimum atomic E-state index is -0.671. The molecule has 1 aliphatic heterocycles. The summed E-state index contributed by atoms with van der Waals surface area (Å²) in [5.74, 6) is -1.72. The Morgan fingerprint density at radius 2 is 2.30 bits per heavy atom. The van der Waals surface area contributed by atoms with Crippen molar-refractivity contribution in [2.24, 2.45) is 11.7 Å². The maximum Gasteiger partial charge on any atom is 0.312 e. The Hall–Kier alpha value is -2.71. The van der Waals surface area contributed by atoms with E-state index in [0.29, 0.717) is 0 Å². The van der Waals surface area contributed by atoms with Crippen molar-refractivity contribution in [3.8, 4) is 5.88 Å². The molecule has 2 heterocycles. The van der Waals surface area contributed by atoms with Crippen LogP contribution in [0.3, 0.4) is 0 Å². The largest absolute Gasteiger partial charge is 0.481 e. The normalized spacial score (nSPS) is 18.1. The predicted molar refractivity (Wildman–Crippen MR) is 67.1 cm³/mol. The van der Waals surface area contributed by atoms with Gasteiger partial charge in [0.15, 0.2) is 0 Å². The first-order chi connectivity index (χ1) is 9.43. The van der Waals surface area contributed by atoms with Gasteiger partial charge in [0.05, 0.1) is 18.0 Å². The number of carbonyl (C=O) groups excluding carboxylic acids is 2. The highest BCUT2D eigenvalue weighted by atomic mass is 16.6. The van der Waals surface area contributed by atoms with Crippen LogP contribution < -0.4 is 15.4 Å². The van der Waals surface area contributed by atoms with Crippen molar-refractivity contribution in [2.75, 3.05) is 18.6 Å². The molecule has 0 saturated carbocycles. The Morgan fingerprint density at radius 3 is 2.80 bits per heavy atom. The molecule has 2 amide bonds. The quantitative estimate of drug-likeness (QED) is 0.602. The Balaban J connectivity index is 2.43. The lowest BCUT2D eigenvalue weighted by Crippen LogP contribution is -2.29. The summed E-state index contributed by atoms with van der Waals surface area (Å²) < 4.78 is 4.90. The first kappa shape index (κ1) is 13.7. The average Bonchev–Trinajstić information content (AvgIpc) is 2.80. The minimum Gasteiger partial charge on any atom is -0.481 e. The molecule has 0 aliphatic carbocycles. The number of primary amides is 1. The van der Waals surface area contributed by atoms with Crippen LogP contribution in [0.25, 0.3) is 0 Å². The van der Waals surface area contributed by atoms with Gasteiger partial charge in [-0.15, -0.1) is 0 Å². The Morgan fingerprint density at radius 1 is 1.60 bits per heavy atom. The van der Waals surface area contributed by atoms with E-state index in [9.17, 15) is 19.7 Å². The summed E-state index contributed by atoms with van der Waals surface area (Å²) >= 11 is 0. The number of rotatable bonds is 4. The van der Waals surface area contributed by atoms with E-state index in [1.54, 1.807) is 0 Å². The van der Waals surface area contributed by atoms with Gasteiger partial charge in [-0.2, -0.15) is 4.98 Å². The third-order valence-corrected chi connectivity index (χ3v) is 3.02. The first-order valence-corrected chi connectivity index (χ1v) is 5.73. The van der Waals surface area contributed by atoms with E-state index in [-0.39, 0.29) is 30.4 Å². The number of ether oxygens (including phenoxy) is 1. The zero-order valence-electron chi connectivity index (χ0n) is 10.6. The van der Waals surface area contributed by atoms with Gasteiger partial charge in [0.25, 0.3) is 0 Å². The predicted octanol–water partition coefficient (Wildman–Crippen LogP) is -0.163. The number of nitrogens with two attached hydrogens (primary N) is 1. The smallest absolute Gasteiger partial charge is 0.312 e. The number of nitrogens with zero attached hydrogens (tertiary/aromatic N) is 3. The highest BCUT2D eigenvalue weighted by Crippen LogP contribution is 2.32. The lowest BCUT2D eigenvalue weighted by atomic mass is 10.1. The number of carbonyl (C=O) groups is 2. The Bertz CT molecular complexity index is 588. The third kappa shape index (κ3) is 2.37. The molecule has 9 heteroatoms. The van der Waals surface area contributed by atoms with Crippen molar-refractivity contribution in [3.05, 3.63) is 22.2 Å². The van der Waals surface area contributed by atoms with Crippen molar-refractivity contribution >= 4 is 23.3 Å². The number of hydrogen-bond donors (Lipinski definition) is 1. The van der Waals surface area contributed by atoms with Gasteiger partial charge in [-0.05, 0) is 0 Å². The minimum absolute atomic E-state index is 0.0187. The van der Waals surface area contributed by atoms with Gasteiger partial charge in [0, 0.05) is 25.1 Å². The van der Waals surface area contributed by atoms with Gasteiger partial charge in [0.2, 0.25) is 23.5 Å². The maximum atomic E-state index is 11.9. The highest BCUT2D eigenvalue weighted by Gasteiger charge is 2.38. The van der Waals surface area contributed by atoms with Crippen molar-refractivity contribution in [1.29, 1.82) is 0 Å².